The lowest BCUT2D eigenvalue weighted by Gasteiger charge is -2.24. The molecule has 0 heterocycles. The van der Waals surface area contributed by atoms with Gasteiger partial charge in [-0.1, -0.05) is 58.9 Å². The minimum Gasteiger partial charge on any atom is -0.508 e. The molecule has 1 heteroatoms. The Labute approximate surface area is 118 Å². The zero-order valence-electron chi connectivity index (χ0n) is 12.7. The monoisotopic (exact) mass is 260 g/mol. The van der Waals surface area contributed by atoms with Gasteiger partial charge in [0, 0.05) is 0 Å². The fourth-order valence-electron chi connectivity index (χ4n) is 3.09. The number of benzene rings is 1. The molecular formula is C18H28O. The number of aromatic hydroxyl groups is 1. The van der Waals surface area contributed by atoms with Crippen molar-refractivity contribution in [3.63, 3.8) is 0 Å². The molecule has 0 saturated heterocycles. The summed E-state index contributed by atoms with van der Waals surface area (Å²) in [5, 5.41) is 10.0. The summed E-state index contributed by atoms with van der Waals surface area (Å²) in [6, 6.07) is 6.24. The molecule has 1 fully saturated rings. The molecule has 1 saturated carbocycles. The average molecular weight is 260 g/mol. The van der Waals surface area contributed by atoms with Gasteiger partial charge in [-0.2, -0.15) is 0 Å². The maximum absolute atomic E-state index is 10.0. The summed E-state index contributed by atoms with van der Waals surface area (Å²) in [6.07, 6.45) is 9.40. The van der Waals surface area contributed by atoms with Crippen LogP contribution in [0.25, 0.3) is 0 Å². The van der Waals surface area contributed by atoms with E-state index in [1.54, 1.807) is 0 Å². The molecule has 0 bridgehead atoms. The third kappa shape index (κ3) is 3.99. The molecule has 0 spiro atoms. The Balaban J connectivity index is 2.24. The smallest absolute Gasteiger partial charge is 0.116 e. The Bertz CT molecular complexity index is 406. The van der Waals surface area contributed by atoms with E-state index >= 15 is 0 Å². The maximum Gasteiger partial charge on any atom is 0.116 e. The first-order valence-corrected chi connectivity index (χ1v) is 7.81. The molecule has 0 unspecified atom stereocenters. The van der Waals surface area contributed by atoms with Crippen LogP contribution in [-0.4, -0.2) is 5.11 Å². The van der Waals surface area contributed by atoms with Gasteiger partial charge < -0.3 is 5.11 Å². The molecule has 0 aliphatic heterocycles. The van der Waals surface area contributed by atoms with Crippen molar-refractivity contribution in [2.75, 3.05) is 0 Å². The SMILES string of the molecule is CC(C)(C)c1cc(O)cc(C2CCCCCCC2)c1. The predicted octanol–water partition coefficient (Wildman–Crippen LogP) is 5.52. The first-order chi connectivity index (χ1) is 8.97. The molecule has 2 rings (SSSR count). The Hall–Kier alpha value is -0.980. The second kappa shape index (κ2) is 5.98. The number of phenols is 1. The van der Waals surface area contributed by atoms with Crippen molar-refractivity contribution in [2.24, 2.45) is 0 Å². The van der Waals surface area contributed by atoms with E-state index in [2.05, 4.69) is 26.8 Å². The van der Waals surface area contributed by atoms with Gasteiger partial charge in [0.1, 0.15) is 5.75 Å². The van der Waals surface area contributed by atoms with Gasteiger partial charge in [-0.05, 0) is 47.4 Å². The van der Waals surface area contributed by atoms with Gasteiger partial charge in [0.15, 0.2) is 0 Å². The molecule has 1 nitrogen and oxygen atoms in total. The molecule has 1 aliphatic rings. The fourth-order valence-corrected chi connectivity index (χ4v) is 3.09. The van der Waals surface area contributed by atoms with Gasteiger partial charge in [-0.15, -0.1) is 0 Å². The van der Waals surface area contributed by atoms with Crippen LogP contribution in [-0.2, 0) is 5.41 Å². The summed E-state index contributed by atoms with van der Waals surface area (Å²) < 4.78 is 0. The summed E-state index contributed by atoms with van der Waals surface area (Å²) in [7, 11) is 0. The van der Waals surface area contributed by atoms with Crippen molar-refractivity contribution in [1.82, 2.24) is 0 Å². The molecule has 0 amide bonds. The lowest BCUT2D eigenvalue weighted by molar-refractivity contribution is 0.446. The largest absolute Gasteiger partial charge is 0.508 e. The molecule has 19 heavy (non-hydrogen) atoms. The normalized spacial score (nSPS) is 18.9. The molecule has 0 atom stereocenters. The van der Waals surface area contributed by atoms with E-state index in [0.29, 0.717) is 11.7 Å². The molecule has 106 valence electrons. The predicted molar refractivity (Wildman–Crippen MR) is 81.9 cm³/mol. The Morgan fingerprint density at radius 2 is 1.47 bits per heavy atom. The second-order valence-corrected chi connectivity index (χ2v) is 7.11. The Morgan fingerprint density at radius 1 is 0.895 bits per heavy atom. The molecule has 0 aromatic heterocycles. The van der Waals surface area contributed by atoms with Crippen molar-refractivity contribution in [3.05, 3.63) is 29.3 Å². The number of hydrogen-bond donors (Lipinski definition) is 1. The average Bonchev–Trinajstić information content (AvgIpc) is 2.26. The Kier molecular flexibility index (Phi) is 4.54. The molecule has 0 radical (unpaired) electrons. The standard InChI is InChI=1S/C18H28O/c1-18(2,3)16-11-15(12-17(19)13-16)14-9-7-5-4-6-8-10-14/h11-14,19H,4-10H2,1-3H3. The van der Waals surface area contributed by atoms with Crippen LogP contribution in [0.1, 0.15) is 82.8 Å². The highest BCUT2D eigenvalue weighted by Gasteiger charge is 2.19. The second-order valence-electron chi connectivity index (χ2n) is 7.11. The lowest BCUT2D eigenvalue weighted by atomic mass is 9.81. The van der Waals surface area contributed by atoms with Crippen LogP contribution in [0.15, 0.2) is 18.2 Å². The van der Waals surface area contributed by atoms with Crippen LogP contribution in [0.5, 0.6) is 5.75 Å². The molecule has 1 aliphatic carbocycles. The van der Waals surface area contributed by atoms with Crippen LogP contribution in [0.2, 0.25) is 0 Å². The zero-order chi connectivity index (χ0) is 13.9. The zero-order valence-corrected chi connectivity index (χ0v) is 12.7. The Morgan fingerprint density at radius 3 is 2.05 bits per heavy atom. The van der Waals surface area contributed by atoms with E-state index in [-0.39, 0.29) is 5.41 Å². The molecular weight excluding hydrogens is 232 g/mol. The highest BCUT2D eigenvalue weighted by molar-refractivity contribution is 5.38. The highest BCUT2D eigenvalue weighted by atomic mass is 16.3. The summed E-state index contributed by atoms with van der Waals surface area (Å²) in [4.78, 5) is 0. The number of phenolic OH excluding ortho intramolecular Hbond substituents is 1. The van der Waals surface area contributed by atoms with E-state index in [1.165, 1.54) is 56.1 Å². The first-order valence-electron chi connectivity index (χ1n) is 7.81. The van der Waals surface area contributed by atoms with Crippen molar-refractivity contribution in [1.29, 1.82) is 0 Å². The van der Waals surface area contributed by atoms with E-state index in [4.69, 9.17) is 0 Å². The summed E-state index contributed by atoms with van der Waals surface area (Å²) >= 11 is 0. The van der Waals surface area contributed by atoms with Crippen LogP contribution in [0.4, 0.5) is 0 Å². The topological polar surface area (TPSA) is 20.2 Å². The highest BCUT2D eigenvalue weighted by Crippen LogP contribution is 2.35. The van der Waals surface area contributed by atoms with Crippen LogP contribution in [0, 0.1) is 0 Å². The van der Waals surface area contributed by atoms with Crippen LogP contribution >= 0.6 is 0 Å². The van der Waals surface area contributed by atoms with Gasteiger partial charge in [0.25, 0.3) is 0 Å². The molecule has 1 N–H and O–H groups in total. The third-order valence-corrected chi connectivity index (χ3v) is 4.38. The summed E-state index contributed by atoms with van der Waals surface area (Å²) in [5.41, 5.74) is 2.71. The van der Waals surface area contributed by atoms with Gasteiger partial charge in [0.2, 0.25) is 0 Å². The first kappa shape index (κ1) is 14.4. The van der Waals surface area contributed by atoms with Gasteiger partial charge >= 0.3 is 0 Å². The number of hydrogen-bond acceptors (Lipinski definition) is 1. The quantitative estimate of drug-likeness (QED) is 0.705. The van der Waals surface area contributed by atoms with Crippen molar-refractivity contribution >= 4 is 0 Å². The molecule has 1 aromatic carbocycles. The lowest BCUT2D eigenvalue weighted by Crippen LogP contribution is -2.12. The van der Waals surface area contributed by atoms with E-state index in [9.17, 15) is 5.11 Å². The number of rotatable bonds is 1. The summed E-state index contributed by atoms with van der Waals surface area (Å²) in [5.74, 6) is 1.08. The van der Waals surface area contributed by atoms with Crippen LogP contribution in [0.3, 0.4) is 0 Å². The fraction of sp³-hybridized carbons (Fsp3) is 0.667. The van der Waals surface area contributed by atoms with Gasteiger partial charge in [-0.3, -0.25) is 0 Å². The minimum atomic E-state index is 0.106. The van der Waals surface area contributed by atoms with E-state index < -0.39 is 0 Å². The van der Waals surface area contributed by atoms with Gasteiger partial charge in [0.05, 0.1) is 0 Å². The van der Waals surface area contributed by atoms with Crippen molar-refractivity contribution < 1.29 is 5.11 Å². The minimum absolute atomic E-state index is 0.106. The van der Waals surface area contributed by atoms with E-state index in [1.807, 2.05) is 12.1 Å². The van der Waals surface area contributed by atoms with E-state index in [0.717, 1.165) is 0 Å². The van der Waals surface area contributed by atoms with Gasteiger partial charge in [-0.25, -0.2) is 0 Å². The molecule has 1 aromatic rings. The van der Waals surface area contributed by atoms with Crippen molar-refractivity contribution in [3.8, 4) is 5.75 Å². The van der Waals surface area contributed by atoms with Crippen molar-refractivity contribution in [2.45, 2.75) is 77.0 Å². The van der Waals surface area contributed by atoms with Crippen LogP contribution < -0.4 is 0 Å². The summed E-state index contributed by atoms with van der Waals surface area (Å²) in [6.45, 7) is 6.64. The third-order valence-electron chi connectivity index (χ3n) is 4.38. The maximum atomic E-state index is 10.0.